The third-order valence-electron chi connectivity index (χ3n) is 1.28. The second-order valence-electron chi connectivity index (χ2n) is 2.01. The van der Waals surface area contributed by atoms with Gasteiger partial charge in [-0.15, -0.1) is 0 Å². The molecule has 1 heterocycles. The zero-order chi connectivity index (χ0) is 6.69. The third-order valence-corrected chi connectivity index (χ3v) is 1.28. The molecule has 50 valence electrons. The lowest BCUT2D eigenvalue weighted by atomic mass is 10.4. The van der Waals surface area contributed by atoms with Gasteiger partial charge in [0.15, 0.2) is 0 Å². The quantitative estimate of drug-likeness (QED) is 0.502. The van der Waals surface area contributed by atoms with Gasteiger partial charge in [0, 0.05) is 32.1 Å². The Kier molecular flexibility index (Phi) is 1.85. The van der Waals surface area contributed by atoms with Crippen LogP contribution in [0.5, 0.6) is 0 Å². The van der Waals surface area contributed by atoms with E-state index < -0.39 is 6.23 Å². The first-order valence-electron chi connectivity index (χ1n) is 2.89. The van der Waals surface area contributed by atoms with E-state index in [9.17, 15) is 0 Å². The van der Waals surface area contributed by atoms with Crippen LogP contribution in [0.4, 0.5) is 0 Å². The van der Waals surface area contributed by atoms with E-state index in [0.717, 1.165) is 0 Å². The Balaban J connectivity index is 2.58. The van der Waals surface area contributed by atoms with Crippen molar-refractivity contribution in [3.05, 3.63) is 12.4 Å². The molecule has 0 fully saturated rings. The van der Waals surface area contributed by atoms with Gasteiger partial charge in [-0.1, -0.05) is 0 Å². The Bertz CT molecular complexity index is 142. The molecule has 0 spiro atoms. The molecule has 0 aromatic rings. The van der Waals surface area contributed by atoms with Gasteiger partial charge in [0.1, 0.15) is 6.23 Å². The molecular formula is C6H10N2O. The molecule has 1 unspecified atom stereocenters. The van der Waals surface area contributed by atoms with Gasteiger partial charge in [-0.05, 0) is 0 Å². The predicted molar refractivity (Wildman–Crippen MR) is 36.0 cm³/mol. The largest absolute Gasteiger partial charge is 0.373 e. The summed E-state index contributed by atoms with van der Waals surface area (Å²) in [6, 6.07) is 0. The van der Waals surface area contributed by atoms with Crippen LogP contribution in [0.1, 0.15) is 6.42 Å². The first-order chi connectivity index (χ1) is 4.30. The number of nitrogens with zero attached hydrogens (tertiary/aromatic N) is 2. The lowest BCUT2D eigenvalue weighted by Crippen LogP contribution is -2.25. The molecule has 3 nitrogen and oxygen atoms in total. The van der Waals surface area contributed by atoms with Crippen molar-refractivity contribution in [3.63, 3.8) is 0 Å². The molecule has 1 aliphatic heterocycles. The average Bonchev–Trinajstić information content (AvgIpc) is 1.99. The number of aliphatic hydroxyl groups is 1. The van der Waals surface area contributed by atoms with Gasteiger partial charge in [-0.25, -0.2) is 0 Å². The summed E-state index contributed by atoms with van der Waals surface area (Å²) in [6.45, 7) is 0. The molecule has 0 radical (unpaired) electrons. The van der Waals surface area contributed by atoms with Crippen molar-refractivity contribution in [3.8, 4) is 0 Å². The third kappa shape index (κ3) is 1.54. The van der Waals surface area contributed by atoms with Crippen molar-refractivity contribution in [2.75, 3.05) is 7.05 Å². The standard InChI is InChI=1S/C6H10N2O/c1-8-5-4-7-3-2-6(8)9/h3-6,9H,2H2,1H3. The molecule has 9 heavy (non-hydrogen) atoms. The van der Waals surface area contributed by atoms with E-state index in [4.69, 9.17) is 5.11 Å². The summed E-state index contributed by atoms with van der Waals surface area (Å²) < 4.78 is 0. The molecule has 1 atom stereocenters. The van der Waals surface area contributed by atoms with Crippen LogP contribution in [0.3, 0.4) is 0 Å². The van der Waals surface area contributed by atoms with E-state index in [2.05, 4.69) is 4.99 Å². The van der Waals surface area contributed by atoms with Crippen LogP contribution in [0, 0.1) is 0 Å². The smallest absolute Gasteiger partial charge is 0.131 e. The van der Waals surface area contributed by atoms with Crippen molar-refractivity contribution >= 4 is 6.21 Å². The van der Waals surface area contributed by atoms with Crippen LogP contribution in [0.2, 0.25) is 0 Å². The molecule has 0 saturated carbocycles. The van der Waals surface area contributed by atoms with Gasteiger partial charge in [0.05, 0.1) is 0 Å². The summed E-state index contributed by atoms with van der Waals surface area (Å²) in [5.74, 6) is 0. The summed E-state index contributed by atoms with van der Waals surface area (Å²) in [7, 11) is 1.82. The van der Waals surface area contributed by atoms with Gasteiger partial charge in [0.25, 0.3) is 0 Å². The molecule has 0 bridgehead atoms. The number of aliphatic imine (C=N–C) groups is 1. The van der Waals surface area contributed by atoms with Crippen LogP contribution in [0.15, 0.2) is 17.4 Å². The summed E-state index contributed by atoms with van der Waals surface area (Å²) in [6.07, 6.45) is 5.30. The van der Waals surface area contributed by atoms with E-state index in [0.29, 0.717) is 6.42 Å². The molecule has 1 N–H and O–H groups in total. The molecular weight excluding hydrogens is 116 g/mol. The van der Waals surface area contributed by atoms with E-state index in [1.807, 2.05) is 7.05 Å². The average molecular weight is 126 g/mol. The minimum Gasteiger partial charge on any atom is -0.373 e. The summed E-state index contributed by atoms with van der Waals surface area (Å²) in [5, 5.41) is 9.14. The van der Waals surface area contributed by atoms with Crippen molar-refractivity contribution in [2.24, 2.45) is 4.99 Å². The molecule has 0 aromatic heterocycles. The molecule has 1 rings (SSSR count). The Labute approximate surface area is 54.3 Å². The van der Waals surface area contributed by atoms with Crippen molar-refractivity contribution in [1.29, 1.82) is 0 Å². The number of hydrogen-bond donors (Lipinski definition) is 1. The fourth-order valence-electron chi connectivity index (χ4n) is 0.625. The lowest BCUT2D eigenvalue weighted by molar-refractivity contribution is 0.0637. The number of rotatable bonds is 0. The van der Waals surface area contributed by atoms with Crippen LogP contribution >= 0.6 is 0 Å². The topological polar surface area (TPSA) is 35.8 Å². The first kappa shape index (κ1) is 6.29. The number of aliphatic hydroxyl groups excluding tert-OH is 1. The normalized spacial score (nSPS) is 26.4. The number of hydrogen-bond acceptors (Lipinski definition) is 3. The van der Waals surface area contributed by atoms with Crippen molar-refractivity contribution < 1.29 is 5.11 Å². The highest BCUT2D eigenvalue weighted by Crippen LogP contribution is 1.99. The highest BCUT2D eigenvalue weighted by atomic mass is 16.3. The van der Waals surface area contributed by atoms with Gasteiger partial charge in [0.2, 0.25) is 0 Å². The Morgan fingerprint density at radius 2 is 2.56 bits per heavy atom. The molecule has 0 aromatic carbocycles. The SMILES string of the molecule is CN1C=CN=CCC1O. The van der Waals surface area contributed by atoms with Crippen molar-refractivity contribution in [2.45, 2.75) is 12.6 Å². The second kappa shape index (κ2) is 2.64. The zero-order valence-corrected chi connectivity index (χ0v) is 5.36. The second-order valence-corrected chi connectivity index (χ2v) is 2.01. The Hall–Kier alpha value is -0.830. The molecule has 3 heteroatoms. The monoisotopic (exact) mass is 126 g/mol. The fraction of sp³-hybridized carbons (Fsp3) is 0.500. The lowest BCUT2D eigenvalue weighted by Gasteiger charge is -2.17. The first-order valence-corrected chi connectivity index (χ1v) is 2.89. The highest BCUT2D eigenvalue weighted by molar-refractivity contribution is 5.59. The summed E-state index contributed by atoms with van der Waals surface area (Å²) in [5.41, 5.74) is 0. The molecule has 0 amide bonds. The van der Waals surface area contributed by atoms with Crippen LogP contribution in [-0.4, -0.2) is 29.5 Å². The Morgan fingerprint density at radius 1 is 1.78 bits per heavy atom. The Morgan fingerprint density at radius 3 is 3.33 bits per heavy atom. The predicted octanol–water partition coefficient (Wildman–Crippen LogP) is 0.182. The van der Waals surface area contributed by atoms with Crippen LogP contribution in [-0.2, 0) is 0 Å². The molecule has 0 aliphatic carbocycles. The minimum absolute atomic E-state index is 0.410. The van der Waals surface area contributed by atoms with Crippen LogP contribution in [0.25, 0.3) is 0 Å². The van der Waals surface area contributed by atoms with Gasteiger partial charge in [-0.2, -0.15) is 0 Å². The molecule has 1 aliphatic rings. The van der Waals surface area contributed by atoms with E-state index in [1.165, 1.54) is 0 Å². The van der Waals surface area contributed by atoms with Gasteiger partial charge < -0.3 is 10.0 Å². The van der Waals surface area contributed by atoms with E-state index >= 15 is 0 Å². The van der Waals surface area contributed by atoms with E-state index in [1.54, 1.807) is 23.5 Å². The fourth-order valence-corrected chi connectivity index (χ4v) is 0.625. The highest BCUT2D eigenvalue weighted by Gasteiger charge is 2.05. The van der Waals surface area contributed by atoms with Crippen molar-refractivity contribution in [1.82, 2.24) is 4.90 Å². The molecule has 0 saturated heterocycles. The minimum atomic E-state index is -0.410. The summed E-state index contributed by atoms with van der Waals surface area (Å²) in [4.78, 5) is 5.58. The maximum atomic E-state index is 9.14. The van der Waals surface area contributed by atoms with E-state index in [-0.39, 0.29) is 0 Å². The van der Waals surface area contributed by atoms with Crippen LogP contribution < -0.4 is 0 Å². The maximum Gasteiger partial charge on any atom is 0.131 e. The van der Waals surface area contributed by atoms with Gasteiger partial charge >= 0.3 is 0 Å². The zero-order valence-electron chi connectivity index (χ0n) is 5.36. The summed E-state index contributed by atoms with van der Waals surface area (Å²) >= 11 is 0. The maximum absolute atomic E-state index is 9.14. The van der Waals surface area contributed by atoms with Gasteiger partial charge in [-0.3, -0.25) is 4.99 Å².